The molecule has 1 aliphatic rings. The highest BCUT2D eigenvalue weighted by molar-refractivity contribution is 9.10. The monoisotopic (exact) mass is 735 g/mol. The second-order valence-electron chi connectivity index (χ2n) is 11.9. The van der Waals surface area contributed by atoms with Crippen molar-refractivity contribution in [2.75, 3.05) is 10.8 Å². The normalized spacial score (nSPS) is 14.3. The van der Waals surface area contributed by atoms with Crippen molar-refractivity contribution in [2.45, 2.75) is 69.0 Å². The highest BCUT2D eigenvalue weighted by Gasteiger charge is 2.35. The molecule has 1 atom stereocenters. The van der Waals surface area contributed by atoms with Crippen molar-refractivity contribution in [3.05, 3.63) is 129 Å². The van der Waals surface area contributed by atoms with Gasteiger partial charge in [-0.3, -0.25) is 13.9 Å². The molecule has 0 saturated heterocycles. The summed E-state index contributed by atoms with van der Waals surface area (Å²) in [6.07, 6.45) is 5.30. The Kier molecular flexibility index (Phi) is 11.8. The van der Waals surface area contributed by atoms with Crippen LogP contribution in [0.3, 0.4) is 0 Å². The zero-order chi connectivity index (χ0) is 33.4. The Morgan fingerprint density at radius 1 is 0.851 bits per heavy atom. The third-order valence-corrected chi connectivity index (χ3v) is 11.1. The van der Waals surface area contributed by atoms with Crippen LogP contribution in [0.2, 0.25) is 5.02 Å². The topological polar surface area (TPSA) is 86.8 Å². The first-order valence-corrected chi connectivity index (χ1v) is 18.4. The molecule has 1 fully saturated rings. The van der Waals surface area contributed by atoms with Gasteiger partial charge >= 0.3 is 0 Å². The lowest BCUT2D eigenvalue weighted by molar-refractivity contribution is -0.140. The number of para-hydroxylation sites is 1. The molecule has 5 rings (SSSR count). The average Bonchev–Trinajstić information content (AvgIpc) is 3.07. The van der Waals surface area contributed by atoms with Gasteiger partial charge in [-0.15, -0.1) is 0 Å². The van der Waals surface area contributed by atoms with E-state index in [-0.39, 0.29) is 29.8 Å². The Hall–Kier alpha value is -3.66. The van der Waals surface area contributed by atoms with Gasteiger partial charge in [0.2, 0.25) is 11.8 Å². The van der Waals surface area contributed by atoms with Gasteiger partial charge in [-0.1, -0.05) is 107 Å². The zero-order valence-electron chi connectivity index (χ0n) is 26.3. The summed E-state index contributed by atoms with van der Waals surface area (Å²) in [6.45, 7) is 1.41. The third-order valence-electron chi connectivity index (χ3n) is 8.55. The minimum absolute atomic E-state index is 0.00768. The maximum Gasteiger partial charge on any atom is 0.264 e. The molecule has 0 radical (unpaired) electrons. The first kappa shape index (κ1) is 34.7. The zero-order valence-corrected chi connectivity index (χ0v) is 29.5. The lowest BCUT2D eigenvalue weighted by Gasteiger charge is -2.35. The van der Waals surface area contributed by atoms with Crippen LogP contribution in [0.5, 0.6) is 0 Å². The molecule has 7 nitrogen and oxygen atoms in total. The van der Waals surface area contributed by atoms with E-state index in [1.807, 2.05) is 60.7 Å². The molecule has 4 aromatic rings. The maximum atomic E-state index is 14.7. The highest BCUT2D eigenvalue weighted by Crippen LogP contribution is 2.29. The molecule has 1 N–H and O–H groups in total. The Balaban J connectivity index is 1.56. The van der Waals surface area contributed by atoms with Gasteiger partial charge in [0, 0.05) is 28.5 Å². The van der Waals surface area contributed by atoms with E-state index in [2.05, 4.69) is 21.2 Å². The van der Waals surface area contributed by atoms with E-state index in [4.69, 9.17) is 11.6 Å². The number of carbonyl (C=O) groups is 2. The van der Waals surface area contributed by atoms with E-state index in [0.29, 0.717) is 16.3 Å². The predicted molar refractivity (Wildman–Crippen MR) is 191 cm³/mol. The van der Waals surface area contributed by atoms with Crippen LogP contribution < -0.4 is 9.62 Å². The summed E-state index contributed by atoms with van der Waals surface area (Å²) in [7, 11) is -4.21. The molecule has 4 aromatic carbocycles. The maximum absolute atomic E-state index is 14.7. The van der Waals surface area contributed by atoms with Crippen molar-refractivity contribution in [1.29, 1.82) is 0 Å². The second kappa shape index (κ2) is 16.0. The largest absolute Gasteiger partial charge is 0.352 e. The average molecular weight is 737 g/mol. The number of hydrogen-bond donors (Lipinski definition) is 1. The minimum Gasteiger partial charge on any atom is -0.352 e. The number of aryl methyl sites for hydroxylation is 1. The first-order valence-electron chi connectivity index (χ1n) is 15.8. The number of rotatable bonds is 12. The first-order chi connectivity index (χ1) is 22.6. The summed E-state index contributed by atoms with van der Waals surface area (Å²) < 4.78 is 30.5. The van der Waals surface area contributed by atoms with Crippen LogP contribution in [0.15, 0.2) is 112 Å². The van der Waals surface area contributed by atoms with Crippen molar-refractivity contribution in [3.8, 4) is 0 Å². The lowest BCUT2D eigenvalue weighted by Crippen LogP contribution is -2.55. The molecular weight excluding hydrogens is 698 g/mol. The number of nitrogens with one attached hydrogen (secondary N) is 1. The molecule has 0 spiro atoms. The van der Waals surface area contributed by atoms with Gasteiger partial charge in [0.25, 0.3) is 10.0 Å². The summed E-state index contributed by atoms with van der Waals surface area (Å²) >= 11 is 9.57. The van der Waals surface area contributed by atoms with Crippen LogP contribution >= 0.6 is 27.5 Å². The van der Waals surface area contributed by atoms with E-state index < -0.39 is 28.5 Å². The van der Waals surface area contributed by atoms with Crippen molar-refractivity contribution >= 4 is 55.1 Å². The molecule has 0 heterocycles. The fraction of sp³-hybridized carbons (Fsp3) is 0.297. The SMILES string of the molecule is Cc1ccccc1N(CC(=O)N(Cc1ccc(Br)cc1)C(Cc1ccccc1)C(=O)NC1CCCCC1)S(=O)(=O)c1ccc(Cl)cc1. The third kappa shape index (κ3) is 9.03. The molecule has 47 heavy (non-hydrogen) atoms. The van der Waals surface area contributed by atoms with Gasteiger partial charge in [0.15, 0.2) is 0 Å². The summed E-state index contributed by atoms with van der Waals surface area (Å²) in [6, 6.07) is 29.3. The lowest BCUT2D eigenvalue weighted by atomic mass is 9.94. The van der Waals surface area contributed by atoms with Gasteiger partial charge in [-0.25, -0.2) is 8.42 Å². The molecule has 1 saturated carbocycles. The summed E-state index contributed by atoms with van der Waals surface area (Å²) in [4.78, 5) is 30.4. The molecule has 10 heteroatoms. The number of benzene rings is 4. The molecule has 0 bridgehead atoms. The van der Waals surface area contributed by atoms with E-state index in [1.165, 1.54) is 29.2 Å². The van der Waals surface area contributed by atoms with E-state index >= 15 is 0 Å². The van der Waals surface area contributed by atoms with Gasteiger partial charge in [0.05, 0.1) is 10.6 Å². The molecule has 0 aromatic heterocycles. The van der Waals surface area contributed by atoms with Crippen molar-refractivity contribution in [2.24, 2.45) is 0 Å². The summed E-state index contributed by atoms with van der Waals surface area (Å²) in [5, 5.41) is 3.64. The minimum atomic E-state index is -4.21. The van der Waals surface area contributed by atoms with Crippen LogP contribution in [0.25, 0.3) is 0 Å². The van der Waals surface area contributed by atoms with Gasteiger partial charge in [-0.2, -0.15) is 0 Å². The number of hydrogen-bond acceptors (Lipinski definition) is 4. The van der Waals surface area contributed by atoms with Crippen molar-refractivity contribution in [3.63, 3.8) is 0 Å². The van der Waals surface area contributed by atoms with Crippen LogP contribution in [0, 0.1) is 6.92 Å². The van der Waals surface area contributed by atoms with Gasteiger partial charge < -0.3 is 10.2 Å². The van der Waals surface area contributed by atoms with Gasteiger partial charge in [-0.05, 0) is 78.9 Å². The van der Waals surface area contributed by atoms with E-state index in [0.717, 1.165) is 52.0 Å². The number of sulfonamides is 1. The van der Waals surface area contributed by atoms with Crippen molar-refractivity contribution in [1.82, 2.24) is 10.2 Å². The summed E-state index contributed by atoms with van der Waals surface area (Å²) in [5.41, 5.74) is 2.78. The standard InChI is InChI=1S/C37H39BrClN3O4S/c1-27-10-8-9-15-34(27)42(47(45,46)33-22-20-31(39)21-23-33)26-36(43)41(25-29-16-18-30(38)19-17-29)35(24-28-11-4-2-5-12-28)37(44)40-32-13-6-3-7-14-32/h2,4-5,8-12,15-23,32,35H,3,6-7,13-14,24-26H2,1H3,(H,40,44). The second-order valence-corrected chi connectivity index (χ2v) is 15.2. The van der Waals surface area contributed by atoms with Crippen LogP contribution in [0.4, 0.5) is 5.69 Å². The van der Waals surface area contributed by atoms with E-state index in [9.17, 15) is 18.0 Å². The summed E-state index contributed by atoms with van der Waals surface area (Å²) in [5.74, 6) is -0.734. The molecule has 0 aliphatic heterocycles. The molecular formula is C37H39BrClN3O4S. The van der Waals surface area contributed by atoms with Crippen LogP contribution in [-0.4, -0.2) is 43.8 Å². The fourth-order valence-corrected chi connectivity index (χ4v) is 7.84. The number of halogens is 2. The fourth-order valence-electron chi connectivity index (χ4n) is 5.98. The van der Waals surface area contributed by atoms with E-state index in [1.54, 1.807) is 25.1 Å². The highest BCUT2D eigenvalue weighted by atomic mass is 79.9. The molecule has 246 valence electrons. The number of anilines is 1. The molecule has 2 amide bonds. The Bertz CT molecular complexity index is 1760. The predicted octanol–water partition coefficient (Wildman–Crippen LogP) is 7.70. The Labute approximate surface area is 291 Å². The quantitative estimate of drug-likeness (QED) is 0.162. The molecule has 1 unspecified atom stereocenters. The molecule has 1 aliphatic carbocycles. The smallest absolute Gasteiger partial charge is 0.264 e. The number of carbonyl (C=O) groups excluding carboxylic acids is 2. The number of amides is 2. The Morgan fingerprint density at radius 3 is 2.15 bits per heavy atom. The van der Waals surface area contributed by atoms with Gasteiger partial charge in [0.1, 0.15) is 12.6 Å². The Morgan fingerprint density at radius 2 is 1.49 bits per heavy atom. The van der Waals surface area contributed by atoms with Crippen LogP contribution in [-0.2, 0) is 32.6 Å². The number of nitrogens with zero attached hydrogens (tertiary/aromatic N) is 2. The van der Waals surface area contributed by atoms with Crippen molar-refractivity contribution < 1.29 is 18.0 Å². The van der Waals surface area contributed by atoms with Crippen LogP contribution in [0.1, 0.15) is 48.8 Å².